The van der Waals surface area contributed by atoms with E-state index in [2.05, 4.69) is 5.43 Å². The Morgan fingerprint density at radius 1 is 1.17 bits per heavy atom. The van der Waals surface area contributed by atoms with Gasteiger partial charge >= 0.3 is 0 Å². The van der Waals surface area contributed by atoms with E-state index in [1.807, 2.05) is 0 Å². The largest absolute Gasteiger partial charge is 0.375 e. The fourth-order valence-electron chi connectivity index (χ4n) is 4.06. The van der Waals surface area contributed by atoms with Crippen molar-refractivity contribution in [2.75, 3.05) is 6.61 Å². The van der Waals surface area contributed by atoms with Gasteiger partial charge in [-0.15, -0.1) is 0 Å². The molecule has 2 unspecified atom stereocenters. The van der Waals surface area contributed by atoms with Gasteiger partial charge in [-0.05, 0) is 43.9 Å². The van der Waals surface area contributed by atoms with Crippen LogP contribution in [-0.4, -0.2) is 18.2 Å². The fourth-order valence-corrected chi connectivity index (χ4v) is 4.06. The Morgan fingerprint density at radius 2 is 1.94 bits per heavy atom. The van der Waals surface area contributed by atoms with Crippen molar-refractivity contribution in [2.45, 2.75) is 75.9 Å². The summed E-state index contributed by atoms with van der Waals surface area (Å²) in [5.41, 5.74) is 3.33. The van der Waals surface area contributed by atoms with Crippen LogP contribution in [0.4, 0.5) is 0 Å². The van der Waals surface area contributed by atoms with Crippen molar-refractivity contribution in [3.63, 3.8) is 0 Å². The van der Waals surface area contributed by atoms with E-state index in [1.54, 1.807) is 0 Å². The van der Waals surface area contributed by atoms with Gasteiger partial charge in [0.1, 0.15) is 0 Å². The average molecular weight is 252 g/mol. The highest BCUT2D eigenvalue weighted by molar-refractivity contribution is 4.94. The van der Waals surface area contributed by atoms with Crippen LogP contribution in [0.15, 0.2) is 0 Å². The second kappa shape index (κ2) is 5.48. The highest BCUT2D eigenvalue weighted by Crippen LogP contribution is 2.43. The molecular formula is C15H28N2O. The van der Waals surface area contributed by atoms with E-state index in [4.69, 9.17) is 10.6 Å². The monoisotopic (exact) mass is 252 g/mol. The van der Waals surface area contributed by atoms with Crippen molar-refractivity contribution in [1.82, 2.24) is 5.43 Å². The van der Waals surface area contributed by atoms with Gasteiger partial charge in [-0.25, -0.2) is 0 Å². The van der Waals surface area contributed by atoms with Crippen LogP contribution in [0, 0.1) is 11.8 Å². The highest BCUT2D eigenvalue weighted by Gasteiger charge is 2.41. The summed E-state index contributed by atoms with van der Waals surface area (Å²) in [5.74, 6) is 7.50. The molecule has 3 nitrogen and oxygen atoms in total. The number of rotatable bonds is 4. The first-order chi connectivity index (χ1) is 8.81. The van der Waals surface area contributed by atoms with Crippen LogP contribution in [0.25, 0.3) is 0 Å². The number of nitrogens with two attached hydrogens (primary N) is 1. The molecule has 104 valence electrons. The van der Waals surface area contributed by atoms with Crippen molar-refractivity contribution in [3.8, 4) is 0 Å². The Morgan fingerprint density at radius 3 is 2.61 bits per heavy atom. The Labute approximate surface area is 111 Å². The van der Waals surface area contributed by atoms with Gasteiger partial charge < -0.3 is 4.74 Å². The zero-order valence-corrected chi connectivity index (χ0v) is 11.5. The lowest BCUT2D eigenvalue weighted by atomic mass is 9.73. The first-order valence-electron chi connectivity index (χ1n) is 7.91. The summed E-state index contributed by atoms with van der Waals surface area (Å²) in [5, 5.41) is 0. The minimum Gasteiger partial charge on any atom is -0.375 e. The first kappa shape index (κ1) is 12.9. The predicted octanol–water partition coefficient (Wildman–Crippen LogP) is 2.75. The summed E-state index contributed by atoms with van der Waals surface area (Å²) in [6.07, 6.45) is 13.3. The molecule has 2 saturated carbocycles. The number of nitrogens with one attached hydrogen (secondary N) is 1. The van der Waals surface area contributed by atoms with Crippen LogP contribution in [0.5, 0.6) is 0 Å². The van der Waals surface area contributed by atoms with E-state index in [9.17, 15) is 0 Å². The van der Waals surface area contributed by atoms with Crippen LogP contribution in [0.3, 0.4) is 0 Å². The molecule has 0 aromatic rings. The van der Waals surface area contributed by atoms with Gasteiger partial charge in [-0.3, -0.25) is 11.3 Å². The number of ether oxygens (including phenoxy) is 1. The Balaban J connectivity index is 1.60. The number of hydrogen-bond acceptors (Lipinski definition) is 3. The van der Waals surface area contributed by atoms with Gasteiger partial charge in [0.15, 0.2) is 0 Å². The highest BCUT2D eigenvalue weighted by atomic mass is 16.5. The van der Waals surface area contributed by atoms with E-state index in [1.165, 1.54) is 64.2 Å². The summed E-state index contributed by atoms with van der Waals surface area (Å²) in [6.45, 7) is 0.952. The molecule has 0 bridgehead atoms. The van der Waals surface area contributed by atoms with Gasteiger partial charge in [0.25, 0.3) is 0 Å². The molecule has 0 aromatic carbocycles. The van der Waals surface area contributed by atoms with Gasteiger partial charge in [-0.1, -0.05) is 32.1 Å². The first-order valence-corrected chi connectivity index (χ1v) is 7.91. The Bertz CT molecular complexity index is 266. The Hall–Kier alpha value is -0.120. The molecule has 1 spiro atoms. The average Bonchev–Trinajstić information content (AvgIpc) is 3.21. The van der Waals surface area contributed by atoms with Gasteiger partial charge in [0, 0.05) is 12.6 Å². The van der Waals surface area contributed by atoms with Gasteiger partial charge in [0.05, 0.1) is 5.60 Å². The quantitative estimate of drug-likeness (QED) is 0.597. The molecule has 3 N–H and O–H groups in total. The molecule has 1 heterocycles. The second-order valence-corrected chi connectivity index (χ2v) is 6.80. The topological polar surface area (TPSA) is 47.3 Å². The third-order valence-electron chi connectivity index (χ3n) is 5.36. The molecule has 1 saturated heterocycles. The van der Waals surface area contributed by atoms with Crippen molar-refractivity contribution in [3.05, 3.63) is 0 Å². The maximum atomic E-state index is 6.18. The summed E-state index contributed by atoms with van der Waals surface area (Å²) in [6, 6.07) is 0.528. The van der Waals surface area contributed by atoms with Crippen molar-refractivity contribution in [1.29, 1.82) is 0 Å². The van der Waals surface area contributed by atoms with Crippen LogP contribution in [0.2, 0.25) is 0 Å². The Kier molecular flexibility index (Phi) is 3.92. The molecule has 0 radical (unpaired) electrons. The van der Waals surface area contributed by atoms with E-state index in [0.29, 0.717) is 6.04 Å². The third kappa shape index (κ3) is 2.89. The lowest BCUT2D eigenvalue weighted by Gasteiger charge is -2.45. The van der Waals surface area contributed by atoms with E-state index in [-0.39, 0.29) is 5.60 Å². The van der Waals surface area contributed by atoms with Crippen molar-refractivity contribution >= 4 is 0 Å². The van der Waals surface area contributed by atoms with Crippen molar-refractivity contribution in [2.24, 2.45) is 17.7 Å². The maximum Gasteiger partial charge on any atom is 0.0685 e. The smallest absolute Gasteiger partial charge is 0.0685 e. The zero-order valence-electron chi connectivity index (χ0n) is 11.5. The SMILES string of the molecule is NNC(CC1CC1)C1CCOC2(CCCCC2)C1. The molecule has 3 rings (SSSR count). The number of hydrazine groups is 1. The lowest BCUT2D eigenvalue weighted by molar-refractivity contribution is -0.122. The summed E-state index contributed by atoms with van der Waals surface area (Å²) >= 11 is 0. The fraction of sp³-hybridized carbons (Fsp3) is 1.00. The van der Waals surface area contributed by atoms with Crippen LogP contribution >= 0.6 is 0 Å². The molecule has 0 amide bonds. The summed E-state index contributed by atoms with van der Waals surface area (Å²) in [4.78, 5) is 0. The predicted molar refractivity (Wildman–Crippen MR) is 72.9 cm³/mol. The van der Waals surface area contributed by atoms with E-state index >= 15 is 0 Å². The second-order valence-electron chi connectivity index (χ2n) is 6.80. The molecule has 0 aromatic heterocycles. The van der Waals surface area contributed by atoms with Crippen LogP contribution < -0.4 is 11.3 Å². The van der Waals surface area contributed by atoms with E-state index < -0.39 is 0 Å². The minimum atomic E-state index is 0.222. The minimum absolute atomic E-state index is 0.222. The molecular weight excluding hydrogens is 224 g/mol. The summed E-state index contributed by atoms with van der Waals surface area (Å²) in [7, 11) is 0. The van der Waals surface area contributed by atoms with Crippen LogP contribution in [-0.2, 0) is 4.74 Å². The maximum absolute atomic E-state index is 6.18. The molecule has 2 atom stereocenters. The summed E-state index contributed by atoms with van der Waals surface area (Å²) < 4.78 is 6.18. The van der Waals surface area contributed by atoms with Gasteiger partial charge in [0.2, 0.25) is 0 Å². The number of hydrogen-bond donors (Lipinski definition) is 2. The normalized spacial score (nSPS) is 33.5. The third-order valence-corrected chi connectivity index (χ3v) is 5.36. The van der Waals surface area contributed by atoms with E-state index in [0.717, 1.165) is 18.4 Å². The molecule has 3 heteroatoms. The molecule has 3 fully saturated rings. The van der Waals surface area contributed by atoms with Gasteiger partial charge in [-0.2, -0.15) is 0 Å². The standard InChI is InChI=1S/C15H28N2O/c16-17-14(10-12-4-5-12)13-6-9-18-15(11-13)7-2-1-3-8-15/h12-14,17H,1-11,16H2. The lowest BCUT2D eigenvalue weighted by Crippen LogP contribution is -2.49. The molecule has 18 heavy (non-hydrogen) atoms. The molecule has 2 aliphatic carbocycles. The zero-order chi connectivity index (χ0) is 12.4. The van der Waals surface area contributed by atoms with Crippen molar-refractivity contribution < 1.29 is 4.74 Å². The van der Waals surface area contributed by atoms with Crippen LogP contribution in [0.1, 0.15) is 64.2 Å². The molecule has 1 aliphatic heterocycles. The molecule has 3 aliphatic rings.